The van der Waals surface area contributed by atoms with Crippen molar-refractivity contribution in [2.75, 3.05) is 18.9 Å². The molecule has 1 aromatic heterocycles. The summed E-state index contributed by atoms with van der Waals surface area (Å²) < 4.78 is 1.78. The van der Waals surface area contributed by atoms with Crippen LogP contribution in [0.1, 0.15) is 25.5 Å². The van der Waals surface area contributed by atoms with Gasteiger partial charge in [0.25, 0.3) is 0 Å². The molecule has 0 atom stereocenters. The monoisotopic (exact) mass is 320 g/mol. The van der Waals surface area contributed by atoms with E-state index in [2.05, 4.69) is 10.4 Å². The number of hydrogen-bond donors (Lipinski definition) is 1. The summed E-state index contributed by atoms with van der Waals surface area (Å²) in [6.45, 7) is 4.95. The van der Waals surface area contributed by atoms with Gasteiger partial charge in [-0.05, 0) is 32.5 Å². The smallest absolute Gasteiger partial charge is 0.239 e. The largest absolute Gasteiger partial charge is 0.310 e. The summed E-state index contributed by atoms with van der Waals surface area (Å²) >= 11 is 6.14. The summed E-state index contributed by atoms with van der Waals surface area (Å²) in [4.78, 5) is 14.1. The van der Waals surface area contributed by atoms with Crippen LogP contribution in [0.3, 0.4) is 0 Å². The Hall–Kier alpha value is -1.85. The van der Waals surface area contributed by atoms with E-state index in [1.165, 1.54) is 0 Å². The van der Waals surface area contributed by atoms with Gasteiger partial charge >= 0.3 is 0 Å². The first-order valence-corrected chi connectivity index (χ1v) is 7.60. The van der Waals surface area contributed by atoms with Gasteiger partial charge in [0.15, 0.2) is 0 Å². The summed E-state index contributed by atoms with van der Waals surface area (Å²) in [5, 5.41) is 7.80. The fourth-order valence-corrected chi connectivity index (χ4v) is 2.42. The third-order valence-corrected chi connectivity index (χ3v) is 3.61. The molecule has 1 N–H and O–H groups in total. The number of hydrogen-bond acceptors (Lipinski definition) is 3. The highest BCUT2D eigenvalue weighted by Crippen LogP contribution is 2.16. The zero-order valence-corrected chi connectivity index (χ0v) is 13.8. The van der Waals surface area contributed by atoms with E-state index in [1.54, 1.807) is 16.9 Å². The minimum absolute atomic E-state index is 0.0723. The van der Waals surface area contributed by atoms with Gasteiger partial charge in [0, 0.05) is 23.7 Å². The topological polar surface area (TPSA) is 50.2 Å². The molecule has 22 heavy (non-hydrogen) atoms. The lowest BCUT2D eigenvalue weighted by Crippen LogP contribution is -2.30. The van der Waals surface area contributed by atoms with Crippen LogP contribution in [-0.2, 0) is 11.3 Å². The van der Waals surface area contributed by atoms with Crippen LogP contribution in [0.2, 0.25) is 5.02 Å². The van der Waals surface area contributed by atoms with Gasteiger partial charge in [0.1, 0.15) is 5.82 Å². The molecule has 2 aromatic rings. The molecule has 0 aliphatic heterocycles. The van der Waals surface area contributed by atoms with E-state index in [-0.39, 0.29) is 18.5 Å². The number of carbonyl (C=O) groups excluding carboxylic acids is 1. The van der Waals surface area contributed by atoms with Crippen LogP contribution in [0.4, 0.5) is 5.82 Å². The van der Waals surface area contributed by atoms with Crippen molar-refractivity contribution in [2.24, 2.45) is 0 Å². The summed E-state index contributed by atoms with van der Waals surface area (Å²) in [6, 6.07) is 9.65. The van der Waals surface area contributed by atoms with Crippen LogP contribution in [-0.4, -0.2) is 34.2 Å². The molecule has 0 aliphatic carbocycles. The fourth-order valence-electron chi connectivity index (χ4n) is 2.23. The van der Waals surface area contributed by atoms with Crippen molar-refractivity contribution in [3.63, 3.8) is 0 Å². The molecule has 118 valence electrons. The van der Waals surface area contributed by atoms with Crippen molar-refractivity contribution in [2.45, 2.75) is 26.4 Å². The zero-order chi connectivity index (χ0) is 16.1. The average Bonchev–Trinajstić information content (AvgIpc) is 2.89. The second kappa shape index (κ2) is 7.42. The highest BCUT2D eigenvalue weighted by atomic mass is 35.5. The van der Waals surface area contributed by atoms with Gasteiger partial charge in [-0.25, -0.2) is 4.68 Å². The Kier molecular flexibility index (Phi) is 5.57. The molecule has 0 aliphatic rings. The molecule has 0 saturated carbocycles. The van der Waals surface area contributed by atoms with Gasteiger partial charge in [-0.15, -0.1) is 0 Å². The van der Waals surface area contributed by atoms with E-state index in [4.69, 9.17) is 11.6 Å². The van der Waals surface area contributed by atoms with Gasteiger partial charge in [0.05, 0.1) is 12.7 Å². The van der Waals surface area contributed by atoms with Crippen molar-refractivity contribution >= 4 is 23.3 Å². The maximum atomic E-state index is 12.1. The first-order chi connectivity index (χ1) is 10.5. The SMILES string of the molecule is CC(C)n1nccc1NC(=O)CN(C)Cc1ccccc1Cl. The lowest BCUT2D eigenvalue weighted by molar-refractivity contribution is -0.117. The predicted octanol–water partition coefficient (Wildman–Crippen LogP) is 3.19. The van der Waals surface area contributed by atoms with E-state index in [0.717, 1.165) is 5.56 Å². The van der Waals surface area contributed by atoms with Gasteiger partial charge in [0.2, 0.25) is 5.91 Å². The number of benzene rings is 1. The van der Waals surface area contributed by atoms with Crippen LogP contribution >= 0.6 is 11.6 Å². The molecule has 0 bridgehead atoms. The maximum Gasteiger partial charge on any atom is 0.239 e. The number of carbonyl (C=O) groups is 1. The van der Waals surface area contributed by atoms with Crippen molar-refractivity contribution in [1.29, 1.82) is 0 Å². The second-order valence-electron chi connectivity index (χ2n) is 5.57. The molecule has 0 spiro atoms. The van der Waals surface area contributed by atoms with Gasteiger partial charge < -0.3 is 5.32 Å². The number of likely N-dealkylation sites (N-methyl/N-ethyl adjacent to an activating group) is 1. The summed E-state index contributed by atoms with van der Waals surface area (Å²) in [5.41, 5.74) is 1.01. The fraction of sp³-hybridized carbons (Fsp3) is 0.375. The molecule has 0 radical (unpaired) electrons. The number of halogens is 1. The average molecular weight is 321 g/mol. The Bertz CT molecular complexity index is 639. The van der Waals surface area contributed by atoms with Gasteiger partial charge in [-0.1, -0.05) is 29.8 Å². The molecule has 0 fully saturated rings. The lowest BCUT2D eigenvalue weighted by atomic mass is 10.2. The van der Waals surface area contributed by atoms with Crippen LogP contribution in [0.15, 0.2) is 36.5 Å². The standard InChI is InChI=1S/C16H21ClN4O/c1-12(2)21-15(8-9-18-21)19-16(22)11-20(3)10-13-6-4-5-7-14(13)17/h4-9,12H,10-11H2,1-3H3,(H,19,22). The molecule has 2 rings (SSSR count). The van der Waals surface area contributed by atoms with E-state index in [1.807, 2.05) is 50.1 Å². The van der Waals surface area contributed by atoms with E-state index in [0.29, 0.717) is 17.4 Å². The summed E-state index contributed by atoms with van der Waals surface area (Å²) in [5.74, 6) is 0.642. The maximum absolute atomic E-state index is 12.1. The van der Waals surface area contributed by atoms with Gasteiger partial charge in [-0.2, -0.15) is 5.10 Å². The number of rotatable bonds is 6. The molecular weight excluding hydrogens is 300 g/mol. The van der Waals surface area contributed by atoms with Crippen LogP contribution in [0, 0.1) is 0 Å². The van der Waals surface area contributed by atoms with Gasteiger partial charge in [-0.3, -0.25) is 9.69 Å². The molecule has 1 aromatic carbocycles. The Morgan fingerprint density at radius 3 is 2.77 bits per heavy atom. The zero-order valence-electron chi connectivity index (χ0n) is 13.1. The van der Waals surface area contributed by atoms with Crippen molar-refractivity contribution in [3.8, 4) is 0 Å². The number of nitrogens with one attached hydrogen (secondary N) is 1. The van der Waals surface area contributed by atoms with Crippen molar-refractivity contribution in [1.82, 2.24) is 14.7 Å². The number of amides is 1. The minimum atomic E-state index is -0.0723. The Morgan fingerprint density at radius 2 is 2.09 bits per heavy atom. The molecule has 0 unspecified atom stereocenters. The van der Waals surface area contributed by atoms with E-state index in [9.17, 15) is 4.79 Å². The quantitative estimate of drug-likeness (QED) is 0.889. The second-order valence-corrected chi connectivity index (χ2v) is 5.97. The van der Waals surface area contributed by atoms with Crippen molar-refractivity contribution in [3.05, 3.63) is 47.1 Å². The number of nitrogens with zero attached hydrogens (tertiary/aromatic N) is 3. The highest BCUT2D eigenvalue weighted by Gasteiger charge is 2.12. The van der Waals surface area contributed by atoms with Crippen LogP contribution in [0.5, 0.6) is 0 Å². The molecule has 5 nitrogen and oxygen atoms in total. The predicted molar refractivity (Wildman–Crippen MR) is 89.0 cm³/mol. The molecular formula is C16H21ClN4O. The van der Waals surface area contributed by atoms with E-state index < -0.39 is 0 Å². The molecule has 6 heteroatoms. The van der Waals surface area contributed by atoms with Crippen molar-refractivity contribution < 1.29 is 4.79 Å². The summed E-state index contributed by atoms with van der Waals surface area (Å²) in [7, 11) is 1.89. The number of anilines is 1. The Balaban J connectivity index is 1.91. The van der Waals surface area contributed by atoms with Crippen LogP contribution < -0.4 is 5.32 Å². The third-order valence-electron chi connectivity index (χ3n) is 3.24. The molecule has 1 amide bonds. The minimum Gasteiger partial charge on any atom is -0.310 e. The Labute approximate surface area is 135 Å². The summed E-state index contributed by atoms with van der Waals surface area (Å²) in [6.07, 6.45) is 1.68. The number of aromatic nitrogens is 2. The first-order valence-electron chi connectivity index (χ1n) is 7.22. The first kappa shape index (κ1) is 16.5. The third kappa shape index (κ3) is 4.32. The molecule has 0 saturated heterocycles. The highest BCUT2D eigenvalue weighted by molar-refractivity contribution is 6.31. The molecule has 1 heterocycles. The van der Waals surface area contributed by atoms with E-state index >= 15 is 0 Å². The Morgan fingerprint density at radius 1 is 1.36 bits per heavy atom. The lowest BCUT2D eigenvalue weighted by Gasteiger charge is -2.18. The normalized spacial score (nSPS) is 11.2. The van der Waals surface area contributed by atoms with Crippen LogP contribution in [0.25, 0.3) is 0 Å².